The molecule has 2 aromatic rings. The molecule has 1 spiro atoms. The van der Waals surface area contributed by atoms with Crippen molar-refractivity contribution in [3.8, 4) is 0 Å². The van der Waals surface area contributed by atoms with Gasteiger partial charge in [0.1, 0.15) is 0 Å². The molecular weight excluding hydrogens is 610 g/mol. The molecule has 0 amide bonds. The van der Waals surface area contributed by atoms with Gasteiger partial charge in [-0.15, -0.1) is 0 Å². The number of anilines is 1. The molecule has 1 aromatic carbocycles. The van der Waals surface area contributed by atoms with E-state index < -0.39 is 24.3 Å². The lowest BCUT2D eigenvalue weighted by atomic mass is 9.79. The van der Waals surface area contributed by atoms with Gasteiger partial charge in [-0.1, -0.05) is 48.9 Å². The molecule has 248 valence electrons. The number of carboxylic acids is 2. The molecule has 1 aliphatic carbocycles. The van der Waals surface area contributed by atoms with E-state index >= 15 is 0 Å². The quantitative estimate of drug-likeness (QED) is 0.272. The first-order chi connectivity index (χ1) is 21.0. The maximum absolute atomic E-state index is 10.6. The number of hydrogen-bond donors (Lipinski definition) is 3. The molecule has 9 nitrogen and oxygen atoms in total. The molecule has 1 saturated heterocycles. The van der Waals surface area contributed by atoms with Crippen molar-refractivity contribution in [2.75, 3.05) is 31.6 Å². The van der Waals surface area contributed by atoms with Crippen molar-refractivity contribution in [2.24, 2.45) is 11.8 Å². The number of aromatic nitrogens is 2. The molecule has 5 rings (SSSR count). The third kappa shape index (κ3) is 10.1. The van der Waals surface area contributed by atoms with Crippen LogP contribution in [0.4, 0.5) is 32.3 Å². The van der Waals surface area contributed by atoms with Gasteiger partial charge in [0.25, 0.3) is 0 Å². The topological polar surface area (TPSA) is 125 Å². The predicted octanol–water partition coefficient (Wildman–Crippen LogP) is 5.82. The van der Waals surface area contributed by atoms with E-state index in [0.29, 0.717) is 12.5 Å². The fraction of sp³-hybridized carbons (Fsp3) is 0.533. The van der Waals surface area contributed by atoms with E-state index in [2.05, 4.69) is 59.4 Å². The lowest BCUT2D eigenvalue weighted by Crippen LogP contribution is -2.42. The molecule has 15 heteroatoms. The number of halogens is 6. The number of likely N-dealkylation sites (tertiary alicyclic amines) is 1. The average Bonchev–Trinajstić information content (AvgIpc) is 3.37. The molecule has 0 radical (unpaired) electrons. The summed E-state index contributed by atoms with van der Waals surface area (Å²) in [4.78, 5) is 30.1. The Morgan fingerprint density at radius 1 is 1.09 bits per heavy atom. The number of aliphatic carboxylic acids is 2. The van der Waals surface area contributed by atoms with E-state index in [1.807, 2.05) is 12.3 Å². The lowest BCUT2D eigenvalue weighted by Gasteiger charge is -2.36. The van der Waals surface area contributed by atoms with Gasteiger partial charge in [-0.3, -0.25) is 0 Å². The van der Waals surface area contributed by atoms with Crippen LogP contribution in [0.3, 0.4) is 0 Å². The first kappa shape index (κ1) is 35.8. The van der Waals surface area contributed by atoms with E-state index in [4.69, 9.17) is 29.5 Å². The molecule has 3 N–H and O–H groups in total. The van der Waals surface area contributed by atoms with Crippen LogP contribution in [0.15, 0.2) is 48.2 Å². The van der Waals surface area contributed by atoms with E-state index in [1.165, 1.54) is 24.1 Å². The van der Waals surface area contributed by atoms with Crippen LogP contribution >= 0.6 is 0 Å². The monoisotopic (exact) mass is 646 g/mol. The molecule has 3 heterocycles. The second-order valence-electron chi connectivity index (χ2n) is 11.4. The number of fused-ring (bicyclic) bond motifs is 2. The number of carboxylic acid groups (broad SMARTS) is 2. The van der Waals surface area contributed by atoms with Gasteiger partial charge in [0.2, 0.25) is 5.95 Å². The standard InChI is InChI=1S/C26H34N4O.2C2HF3O2/c1-19-7-6-8-20(2)23(19)15-30-12-11-26(17-30)18-31-16-22-14-28-25(29-24(22)26)27-13-21-9-4-3-5-10-21;2*3-2(4,5)1(6)7/h3-5,7,9-10,14,20,23H,6,8,11-13,15-18H2,1-2H3,(H,27,28,29);2*(H,6,7). The molecule has 0 bridgehead atoms. The number of rotatable bonds is 5. The minimum atomic E-state index is -5.08. The smallest absolute Gasteiger partial charge is 0.475 e. The maximum atomic E-state index is 10.6. The zero-order chi connectivity index (χ0) is 33.4. The number of hydrogen-bond acceptors (Lipinski definition) is 7. The fourth-order valence-electron chi connectivity index (χ4n) is 5.66. The summed E-state index contributed by atoms with van der Waals surface area (Å²) in [5.41, 5.74) is 5.17. The van der Waals surface area contributed by atoms with Crippen LogP contribution < -0.4 is 5.32 Å². The highest BCUT2D eigenvalue weighted by Gasteiger charge is 2.45. The average molecular weight is 647 g/mol. The van der Waals surface area contributed by atoms with Gasteiger partial charge in [0, 0.05) is 31.4 Å². The second-order valence-corrected chi connectivity index (χ2v) is 11.4. The summed E-state index contributed by atoms with van der Waals surface area (Å²) in [6, 6.07) is 10.4. The van der Waals surface area contributed by atoms with Crippen LogP contribution in [0.5, 0.6) is 0 Å². The highest BCUT2D eigenvalue weighted by atomic mass is 19.4. The van der Waals surface area contributed by atoms with Gasteiger partial charge in [0.05, 0.1) is 24.3 Å². The van der Waals surface area contributed by atoms with Crippen molar-refractivity contribution in [3.63, 3.8) is 0 Å². The van der Waals surface area contributed by atoms with Gasteiger partial charge < -0.3 is 25.2 Å². The Hall–Kier alpha value is -3.72. The van der Waals surface area contributed by atoms with Crippen LogP contribution in [-0.4, -0.2) is 75.6 Å². The minimum Gasteiger partial charge on any atom is -0.475 e. The van der Waals surface area contributed by atoms with E-state index in [-0.39, 0.29) is 5.41 Å². The Morgan fingerprint density at radius 3 is 2.29 bits per heavy atom. The van der Waals surface area contributed by atoms with Crippen LogP contribution in [0.2, 0.25) is 0 Å². The normalized spacial score (nSPS) is 23.1. The fourth-order valence-corrected chi connectivity index (χ4v) is 5.66. The van der Waals surface area contributed by atoms with E-state index in [9.17, 15) is 26.3 Å². The molecule has 1 aromatic heterocycles. The third-order valence-electron chi connectivity index (χ3n) is 8.03. The lowest BCUT2D eigenvalue weighted by molar-refractivity contribution is -0.193. The van der Waals surface area contributed by atoms with E-state index in [1.54, 1.807) is 5.57 Å². The molecule has 3 unspecified atom stereocenters. The first-order valence-corrected chi connectivity index (χ1v) is 14.2. The number of ether oxygens (including phenoxy) is 1. The van der Waals surface area contributed by atoms with Gasteiger partial charge >= 0.3 is 24.3 Å². The van der Waals surface area contributed by atoms with Crippen molar-refractivity contribution in [1.29, 1.82) is 0 Å². The van der Waals surface area contributed by atoms with Crippen molar-refractivity contribution in [1.82, 2.24) is 14.9 Å². The third-order valence-corrected chi connectivity index (χ3v) is 8.03. The zero-order valence-electron chi connectivity index (χ0n) is 24.8. The molecular formula is C30H36F6N4O5. The first-order valence-electron chi connectivity index (χ1n) is 14.2. The summed E-state index contributed by atoms with van der Waals surface area (Å²) in [6.45, 7) is 10.2. The predicted molar refractivity (Wildman–Crippen MR) is 151 cm³/mol. The summed E-state index contributed by atoms with van der Waals surface area (Å²) in [7, 11) is 0. The number of benzene rings is 1. The van der Waals surface area contributed by atoms with Crippen molar-refractivity contribution in [3.05, 3.63) is 65.0 Å². The van der Waals surface area contributed by atoms with Gasteiger partial charge in [-0.2, -0.15) is 26.3 Å². The zero-order valence-corrected chi connectivity index (χ0v) is 24.8. The van der Waals surface area contributed by atoms with Gasteiger partial charge in [0.15, 0.2) is 0 Å². The van der Waals surface area contributed by atoms with Crippen molar-refractivity contribution >= 4 is 17.9 Å². The Labute approximate surface area is 256 Å². The maximum Gasteiger partial charge on any atom is 0.490 e. The molecule has 1 fully saturated rings. The number of carbonyl (C=O) groups is 2. The van der Waals surface area contributed by atoms with Gasteiger partial charge in [-0.25, -0.2) is 19.6 Å². The van der Waals surface area contributed by atoms with E-state index in [0.717, 1.165) is 56.6 Å². The summed E-state index contributed by atoms with van der Waals surface area (Å²) in [6.07, 6.45) is -2.08. The highest BCUT2D eigenvalue weighted by Crippen LogP contribution is 2.41. The van der Waals surface area contributed by atoms with Crippen molar-refractivity contribution < 1.29 is 50.9 Å². The Kier molecular flexibility index (Phi) is 12.0. The Balaban J connectivity index is 0.000000331. The minimum absolute atomic E-state index is 0.00474. The SMILES string of the molecule is CC1=CCCC(C)C1CN1CCC2(COCc3cnc(NCc4ccccc4)nc32)C1.O=C(O)C(F)(F)F.O=C(O)C(F)(F)F. The number of nitrogens with zero attached hydrogens (tertiary/aromatic N) is 3. The molecule has 45 heavy (non-hydrogen) atoms. The van der Waals surface area contributed by atoms with Crippen LogP contribution in [0.1, 0.15) is 49.9 Å². The molecule has 3 atom stereocenters. The number of nitrogens with one attached hydrogen (secondary N) is 1. The van der Waals surface area contributed by atoms with Gasteiger partial charge in [-0.05, 0) is 50.1 Å². The number of alkyl halides is 6. The second kappa shape index (κ2) is 15.0. The van der Waals surface area contributed by atoms with Crippen LogP contribution in [0, 0.1) is 11.8 Å². The summed E-state index contributed by atoms with van der Waals surface area (Å²) < 4.78 is 69.5. The molecule has 3 aliphatic rings. The highest BCUT2D eigenvalue weighted by molar-refractivity contribution is 5.73. The Bertz CT molecular complexity index is 1310. The summed E-state index contributed by atoms with van der Waals surface area (Å²) >= 11 is 0. The summed E-state index contributed by atoms with van der Waals surface area (Å²) in [5.74, 6) is -3.34. The number of allylic oxidation sites excluding steroid dienone is 1. The largest absolute Gasteiger partial charge is 0.490 e. The van der Waals surface area contributed by atoms with Crippen molar-refractivity contribution in [2.45, 2.75) is 64.0 Å². The van der Waals surface area contributed by atoms with Crippen LogP contribution in [0.25, 0.3) is 0 Å². The molecule has 0 saturated carbocycles. The summed E-state index contributed by atoms with van der Waals surface area (Å²) in [5, 5.41) is 17.7. The van der Waals surface area contributed by atoms with Crippen LogP contribution in [-0.2, 0) is 32.9 Å². The molecule has 2 aliphatic heterocycles. The Morgan fingerprint density at radius 2 is 1.71 bits per heavy atom.